The molecular weight excluding hydrogens is 434 g/mol. The molecule has 164 valence electrons. The summed E-state index contributed by atoms with van der Waals surface area (Å²) >= 11 is 1.26. The summed E-state index contributed by atoms with van der Waals surface area (Å²) in [7, 11) is 1.53. The van der Waals surface area contributed by atoms with Gasteiger partial charge in [0, 0.05) is 0 Å². The molecule has 1 unspecified atom stereocenters. The Kier molecular flexibility index (Phi) is 6.61. The van der Waals surface area contributed by atoms with Gasteiger partial charge in [0.15, 0.2) is 17.0 Å². The molecule has 0 aromatic heterocycles. The van der Waals surface area contributed by atoms with Crippen LogP contribution in [0.1, 0.15) is 11.1 Å². The molecule has 0 bridgehead atoms. The number of para-hydroxylation sites is 1. The van der Waals surface area contributed by atoms with E-state index in [0.717, 1.165) is 11.1 Å². The highest BCUT2D eigenvalue weighted by molar-refractivity contribution is 8.05. The summed E-state index contributed by atoms with van der Waals surface area (Å²) in [5.74, 6) is 0.0940. The van der Waals surface area contributed by atoms with E-state index < -0.39 is 5.50 Å². The number of anilines is 1. The Balaban J connectivity index is 1.44. The van der Waals surface area contributed by atoms with Crippen LogP contribution in [-0.2, 0) is 11.4 Å². The lowest BCUT2D eigenvalue weighted by Gasteiger charge is -2.13. The van der Waals surface area contributed by atoms with Crippen molar-refractivity contribution in [1.82, 2.24) is 5.32 Å². The van der Waals surface area contributed by atoms with E-state index in [9.17, 15) is 13.6 Å². The predicted octanol–water partition coefficient (Wildman–Crippen LogP) is 5.15. The highest BCUT2D eigenvalue weighted by Gasteiger charge is 2.27. The van der Waals surface area contributed by atoms with Crippen LogP contribution in [0.5, 0.6) is 11.5 Å². The molecular formula is C24H20F2N2O3S. The van der Waals surface area contributed by atoms with Gasteiger partial charge in [0.25, 0.3) is 5.91 Å². The van der Waals surface area contributed by atoms with E-state index in [1.165, 1.54) is 37.1 Å². The fraction of sp³-hybridized carbons (Fsp3) is 0.125. The number of benzene rings is 3. The quantitative estimate of drug-likeness (QED) is 0.484. The summed E-state index contributed by atoms with van der Waals surface area (Å²) in [6, 6.07) is 17.7. The SMILES string of the molecule is COc1cc(/C=C2\SC(Nc3ccccc3F)NC2=O)ccc1OCc1ccc(F)cc1. The lowest BCUT2D eigenvalue weighted by atomic mass is 10.2. The molecule has 2 N–H and O–H groups in total. The molecule has 5 nitrogen and oxygen atoms in total. The number of carbonyl (C=O) groups is 1. The van der Waals surface area contributed by atoms with Crippen LogP contribution in [0.25, 0.3) is 6.08 Å². The van der Waals surface area contributed by atoms with Crippen molar-refractivity contribution in [2.75, 3.05) is 12.4 Å². The first-order valence-corrected chi connectivity index (χ1v) is 10.7. The maximum Gasteiger partial charge on any atom is 0.260 e. The first kappa shape index (κ1) is 21.7. The van der Waals surface area contributed by atoms with Gasteiger partial charge in [0.2, 0.25) is 0 Å². The molecule has 0 spiro atoms. The van der Waals surface area contributed by atoms with Crippen molar-refractivity contribution >= 4 is 29.4 Å². The van der Waals surface area contributed by atoms with E-state index in [2.05, 4.69) is 10.6 Å². The Bertz CT molecular complexity index is 1150. The van der Waals surface area contributed by atoms with Gasteiger partial charge in [-0.15, -0.1) is 0 Å². The highest BCUT2D eigenvalue weighted by atomic mass is 32.2. The molecule has 8 heteroatoms. The third kappa shape index (κ3) is 5.20. The molecule has 4 rings (SSSR count). The summed E-state index contributed by atoms with van der Waals surface area (Å²) in [6.45, 7) is 0.263. The largest absolute Gasteiger partial charge is 0.493 e. The number of hydrogen-bond donors (Lipinski definition) is 2. The predicted molar refractivity (Wildman–Crippen MR) is 121 cm³/mol. The number of rotatable bonds is 7. The second-order valence-corrected chi connectivity index (χ2v) is 8.08. The Labute approximate surface area is 188 Å². The molecule has 0 radical (unpaired) electrons. The van der Waals surface area contributed by atoms with E-state index in [4.69, 9.17) is 9.47 Å². The maximum atomic E-state index is 13.9. The highest BCUT2D eigenvalue weighted by Crippen LogP contribution is 2.34. The Morgan fingerprint density at radius 1 is 1.06 bits per heavy atom. The average molecular weight is 454 g/mol. The number of ether oxygens (including phenoxy) is 2. The van der Waals surface area contributed by atoms with Crippen LogP contribution in [0.2, 0.25) is 0 Å². The first-order chi connectivity index (χ1) is 15.5. The molecule has 1 atom stereocenters. The van der Waals surface area contributed by atoms with Crippen molar-refractivity contribution < 1.29 is 23.0 Å². The first-order valence-electron chi connectivity index (χ1n) is 9.77. The van der Waals surface area contributed by atoms with Crippen molar-refractivity contribution in [3.63, 3.8) is 0 Å². The zero-order chi connectivity index (χ0) is 22.5. The third-order valence-corrected chi connectivity index (χ3v) is 5.71. The molecule has 0 aliphatic carbocycles. The minimum Gasteiger partial charge on any atom is -0.493 e. The van der Waals surface area contributed by atoms with Crippen LogP contribution >= 0.6 is 11.8 Å². The summed E-state index contributed by atoms with van der Waals surface area (Å²) in [5, 5.41) is 5.75. The van der Waals surface area contributed by atoms with E-state index in [0.29, 0.717) is 22.1 Å². The van der Waals surface area contributed by atoms with Crippen molar-refractivity contribution in [2.45, 2.75) is 12.1 Å². The average Bonchev–Trinajstić information content (AvgIpc) is 3.14. The van der Waals surface area contributed by atoms with Crippen LogP contribution in [-0.4, -0.2) is 18.5 Å². The molecule has 1 amide bonds. The maximum absolute atomic E-state index is 13.9. The van der Waals surface area contributed by atoms with Crippen LogP contribution < -0.4 is 20.1 Å². The number of thioether (sulfide) groups is 1. The molecule has 32 heavy (non-hydrogen) atoms. The molecule has 0 saturated carbocycles. The van der Waals surface area contributed by atoms with Gasteiger partial charge in [-0.3, -0.25) is 4.79 Å². The Hall–Kier alpha value is -3.52. The standard InChI is InChI=1S/C24H20F2N2O3S/c1-30-21-12-16(8-11-20(21)31-14-15-6-9-17(25)10-7-15)13-22-23(29)28-24(32-22)27-19-5-3-2-4-18(19)26/h2-13,24,27H,14H2,1H3,(H,28,29)/b22-13-. The van der Waals surface area contributed by atoms with Crippen LogP contribution in [0.4, 0.5) is 14.5 Å². The molecule has 1 aliphatic rings. The van der Waals surface area contributed by atoms with E-state index in [1.54, 1.807) is 54.6 Å². The van der Waals surface area contributed by atoms with Crippen molar-refractivity contribution in [3.8, 4) is 11.5 Å². The number of methoxy groups -OCH3 is 1. The topological polar surface area (TPSA) is 59.6 Å². The van der Waals surface area contributed by atoms with Crippen LogP contribution in [0, 0.1) is 11.6 Å². The van der Waals surface area contributed by atoms with Gasteiger partial charge >= 0.3 is 0 Å². The lowest BCUT2D eigenvalue weighted by molar-refractivity contribution is -0.116. The second-order valence-electron chi connectivity index (χ2n) is 6.93. The molecule has 1 aliphatic heterocycles. The van der Waals surface area contributed by atoms with Gasteiger partial charge in [0.05, 0.1) is 17.7 Å². The summed E-state index contributed by atoms with van der Waals surface area (Å²) < 4.78 is 38.1. The summed E-state index contributed by atoms with van der Waals surface area (Å²) in [4.78, 5) is 12.8. The number of nitrogens with one attached hydrogen (secondary N) is 2. The summed E-state index contributed by atoms with van der Waals surface area (Å²) in [5.41, 5.74) is 1.41. The summed E-state index contributed by atoms with van der Waals surface area (Å²) in [6.07, 6.45) is 1.73. The molecule has 1 fully saturated rings. The van der Waals surface area contributed by atoms with Crippen molar-refractivity contribution in [3.05, 3.63) is 94.4 Å². The zero-order valence-electron chi connectivity index (χ0n) is 17.1. The van der Waals surface area contributed by atoms with Gasteiger partial charge < -0.3 is 20.1 Å². The van der Waals surface area contributed by atoms with Crippen LogP contribution in [0.3, 0.4) is 0 Å². The number of carbonyl (C=O) groups excluding carboxylic acids is 1. The zero-order valence-corrected chi connectivity index (χ0v) is 17.9. The smallest absolute Gasteiger partial charge is 0.260 e. The van der Waals surface area contributed by atoms with Crippen LogP contribution in [0.15, 0.2) is 71.6 Å². The van der Waals surface area contributed by atoms with E-state index in [1.807, 2.05) is 0 Å². The molecule has 3 aromatic carbocycles. The minimum atomic E-state index is -0.481. The minimum absolute atomic E-state index is 0.251. The fourth-order valence-corrected chi connectivity index (χ4v) is 4.05. The van der Waals surface area contributed by atoms with E-state index >= 15 is 0 Å². The van der Waals surface area contributed by atoms with Gasteiger partial charge in [-0.05, 0) is 53.6 Å². The second kappa shape index (κ2) is 9.74. The Morgan fingerprint density at radius 2 is 1.84 bits per heavy atom. The van der Waals surface area contributed by atoms with Crippen molar-refractivity contribution in [1.29, 1.82) is 0 Å². The van der Waals surface area contributed by atoms with Crippen molar-refractivity contribution in [2.24, 2.45) is 0 Å². The van der Waals surface area contributed by atoms with Gasteiger partial charge in [0.1, 0.15) is 18.2 Å². The molecule has 1 saturated heterocycles. The normalized spacial score (nSPS) is 16.7. The molecule has 1 heterocycles. The lowest BCUT2D eigenvalue weighted by Crippen LogP contribution is -2.31. The monoisotopic (exact) mass is 454 g/mol. The van der Waals surface area contributed by atoms with Gasteiger partial charge in [-0.1, -0.05) is 42.1 Å². The fourth-order valence-electron chi connectivity index (χ4n) is 3.07. The number of hydrogen-bond acceptors (Lipinski definition) is 5. The van der Waals surface area contributed by atoms with Gasteiger partial charge in [-0.25, -0.2) is 8.78 Å². The number of amides is 1. The Morgan fingerprint density at radius 3 is 2.59 bits per heavy atom. The van der Waals surface area contributed by atoms with E-state index in [-0.39, 0.29) is 24.1 Å². The van der Waals surface area contributed by atoms with Gasteiger partial charge in [-0.2, -0.15) is 0 Å². The number of halogens is 2. The molecule has 3 aromatic rings. The third-order valence-electron chi connectivity index (χ3n) is 4.68.